The lowest BCUT2D eigenvalue weighted by Gasteiger charge is -2.19. The van der Waals surface area contributed by atoms with Crippen LogP contribution in [0.5, 0.6) is 0 Å². The maximum absolute atomic E-state index is 3.73. The third-order valence-electron chi connectivity index (χ3n) is 3.44. The molecule has 2 aliphatic rings. The Labute approximate surface area is 105 Å². The minimum absolute atomic E-state index is 0.769. The van der Waals surface area contributed by atoms with E-state index in [1.54, 1.807) is 0 Å². The van der Waals surface area contributed by atoms with E-state index in [9.17, 15) is 0 Å². The molecule has 0 aliphatic heterocycles. The average molecular weight is 313 g/mol. The average Bonchev–Trinajstić information content (AvgIpc) is 3.11. The Bertz CT molecular complexity index is 326. The molecule has 0 bridgehead atoms. The molecule has 1 aromatic rings. The minimum Gasteiger partial charge on any atom is -0.382 e. The van der Waals surface area contributed by atoms with Gasteiger partial charge in [0.2, 0.25) is 0 Å². The van der Waals surface area contributed by atoms with Crippen molar-refractivity contribution >= 4 is 28.3 Å². The van der Waals surface area contributed by atoms with Crippen LogP contribution in [0.1, 0.15) is 25.7 Å². The highest BCUT2D eigenvalue weighted by atomic mass is 127. The minimum atomic E-state index is 0.769. The Balaban J connectivity index is 1.69. The summed E-state index contributed by atoms with van der Waals surface area (Å²) in [6, 6.07) is 9.54. The molecule has 0 amide bonds. The van der Waals surface area contributed by atoms with Gasteiger partial charge in [0.25, 0.3) is 0 Å². The van der Waals surface area contributed by atoms with Crippen LogP contribution in [-0.4, -0.2) is 6.04 Å². The van der Waals surface area contributed by atoms with Gasteiger partial charge in [-0.25, -0.2) is 0 Å². The van der Waals surface area contributed by atoms with Crippen molar-refractivity contribution in [2.75, 3.05) is 5.32 Å². The molecule has 15 heavy (non-hydrogen) atoms. The molecule has 1 aromatic carbocycles. The zero-order valence-electron chi connectivity index (χ0n) is 8.75. The summed E-state index contributed by atoms with van der Waals surface area (Å²) in [6.45, 7) is 0. The highest BCUT2D eigenvalue weighted by molar-refractivity contribution is 14.1. The number of hydrogen-bond acceptors (Lipinski definition) is 1. The molecular formula is C13H16IN. The van der Waals surface area contributed by atoms with E-state index in [4.69, 9.17) is 0 Å². The number of benzene rings is 1. The first kappa shape index (κ1) is 9.94. The van der Waals surface area contributed by atoms with Crippen LogP contribution < -0.4 is 5.32 Å². The lowest BCUT2D eigenvalue weighted by Crippen LogP contribution is -2.24. The molecule has 0 saturated heterocycles. The fourth-order valence-electron chi connectivity index (χ4n) is 2.27. The van der Waals surface area contributed by atoms with Gasteiger partial charge in [0, 0.05) is 15.3 Å². The summed E-state index contributed by atoms with van der Waals surface area (Å²) in [5.74, 6) is 1.94. The number of halogens is 1. The number of hydrogen-bond donors (Lipinski definition) is 1. The smallest absolute Gasteiger partial charge is 0.0343 e. The Morgan fingerprint density at radius 2 is 1.53 bits per heavy atom. The van der Waals surface area contributed by atoms with Gasteiger partial charge in [-0.15, -0.1) is 0 Å². The summed E-state index contributed by atoms with van der Waals surface area (Å²) < 4.78 is 1.31. The maximum Gasteiger partial charge on any atom is 0.0343 e. The van der Waals surface area contributed by atoms with E-state index in [1.165, 1.54) is 34.9 Å². The summed E-state index contributed by atoms with van der Waals surface area (Å²) in [6.07, 6.45) is 5.77. The largest absolute Gasteiger partial charge is 0.382 e. The molecular weight excluding hydrogens is 297 g/mol. The number of rotatable bonds is 4. The van der Waals surface area contributed by atoms with E-state index in [-0.39, 0.29) is 0 Å². The van der Waals surface area contributed by atoms with Crippen LogP contribution in [-0.2, 0) is 0 Å². The van der Waals surface area contributed by atoms with Gasteiger partial charge in [0.15, 0.2) is 0 Å². The molecule has 1 N–H and O–H groups in total. The monoisotopic (exact) mass is 313 g/mol. The van der Waals surface area contributed by atoms with Crippen molar-refractivity contribution in [3.63, 3.8) is 0 Å². The molecule has 0 heterocycles. The lowest BCUT2D eigenvalue weighted by molar-refractivity contribution is 0.568. The van der Waals surface area contributed by atoms with Crippen molar-refractivity contribution < 1.29 is 0 Å². The molecule has 0 spiro atoms. The third-order valence-corrected chi connectivity index (χ3v) is 4.16. The van der Waals surface area contributed by atoms with Crippen LogP contribution in [0, 0.1) is 15.4 Å². The van der Waals surface area contributed by atoms with Crippen LogP contribution in [0.2, 0.25) is 0 Å². The summed E-state index contributed by atoms with van der Waals surface area (Å²) >= 11 is 2.35. The fraction of sp³-hybridized carbons (Fsp3) is 0.538. The molecule has 0 unspecified atom stereocenters. The van der Waals surface area contributed by atoms with Crippen LogP contribution in [0.3, 0.4) is 0 Å². The first-order valence-corrected chi connectivity index (χ1v) is 6.93. The Morgan fingerprint density at radius 3 is 2.00 bits per heavy atom. The third kappa shape index (κ3) is 2.47. The van der Waals surface area contributed by atoms with Gasteiger partial charge in [-0.3, -0.25) is 0 Å². The molecule has 0 atom stereocenters. The predicted octanol–water partition coefficient (Wildman–Crippen LogP) is 3.89. The molecule has 80 valence electrons. The molecule has 2 aliphatic carbocycles. The number of nitrogens with one attached hydrogen (secondary N) is 1. The zero-order valence-corrected chi connectivity index (χ0v) is 10.9. The van der Waals surface area contributed by atoms with E-state index in [2.05, 4.69) is 52.2 Å². The summed E-state index contributed by atoms with van der Waals surface area (Å²) in [7, 11) is 0. The van der Waals surface area contributed by atoms with Crippen molar-refractivity contribution in [1.29, 1.82) is 0 Å². The quantitative estimate of drug-likeness (QED) is 0.832. The Kier molecular flexibility index (Phi) is 2.63. The Morgan fingerprint density at radius 1 is 1.00 bits per heavy atom. The van der Waals surface area contributed by atoms with E-state index >= 15 is 0 Å². The molecule has 2 heteroatoms. The predicted molar refractivity (Wildman–Crippen MR) is 72.0 cm³/mol. The molecule has 2 fully saturated rings. The van der Waals surface area contributed by atoms with Gasteiger partial charge in [-0.1, -0.05) is 0 Å². The van der Waals surface area contributed by atoms with Crippen molar-refractivity contribution in [2.24, 2.45) is 11.8 Å². The normalized spacial score (nSPS) is 20.7. The van der Waals surface area contributed by atoms with Crippen molar-refractivity contribution in [3.05, 3.63) is 27.8 Å². The van der Waals surface area contributed by atoms with Crippen molar-refractivity contribution in [3.8, 4) is 0 Å². The Hall–Kier alpha value is -0.250. The second-order valence-electron chi connectivity index (χ2n) is 4.85. The first-order chi connectivity index (χ1) is 7.33. The van der Waals surface area contributed by atoms with Crippen LogP contribution >= 0.6 is 22.6 Å². The van der Waals surface area contributed by atoms with Crippen LogP contribution in [0.4, 0.5) is 5.69 Å². The van der Waals surface area contributed by atoms with Crippen molar-refractivity contribution in [1.82, 2.24) is 0 Å². The first-order valence-electron chi connectivity index (χ1n) is 5.85. The molecule has 2 saturated carbocycles. The van der Waals surface area contributed by atoms with Crippen LogP contribution in [0.15, 0.2) is 24.3 Å². The van der Waals surface area contributed by atoms with Crippen LogP contribution in [0.25, 0.3) is 0 Å². The van der Waals surface area contributed by atoms with E-state index < -0.39 is 0 Å². The summed E-state index contributed by atoms with van der Waals surface area (Å²) in [5.41, 5.74) is 1.30. The van der Waals surface area contributed by atoms with Gasteiger partial charge < -0.3 is 5.32 Å². The zero-order chi connectivity index (χ0) is 10.3. The molecule has 1 nitrogen and oxygen atoms in total. The molecule has 0 aromatic heterocycles. The topological polar surface area (TPSA) is 12.0 Å². The lowest BCUT2D eigenvalue weighted by atomic mass is 10.1. The second kappa shape index (κ2) is 3.96. The highest BCUT2D eigenvalue weighted by Crippen LogP contribution is 2.45. The van der Waals surface area contributed by atoms with E-state index in [0.717, 1.165) is 17.9 Å². The van der Waals surface area contributed by atoms with Crippen molar-refractivity contribution in [2.45, 2.75) is 31.7 Å². The summed E-state index contributed by atoms with van der Waals surface area (Å²) in [4.78, 5) is 0. The molecule has 0 radical (unpaired) electrons. The standard InChI is InChI=1S/C13H16IN/c14-11-5-7-12(8-6-11)15-13(9-1-2-9)10-3-4-10/h5-10,13,15H,1-4H2. The van der Waals surface area contributed by atoms with Gasteiger partial charge in [0.1, 0.15) is 0 Å². The SMILES string of the molecule is Ic1ccc(NC(C2CC2)C2CC2)cc1. The molecule has 3 rings (SSSR count). The van der Waals surface area contributed by atoms with Gasteiger partial charge in [-0.2, -0.15) is 0 Å². The van der Waals surface area contributed by atoms with Gasteiger partial charge in [0.05, 0.1) is 0 Å². The van der Waals surface area contributed by atoms with E-state index in [1.807, 2.05) is 0 Å². The maximum atomic E-state index is 3.73. The summed E-state index contributed by atoms with van der Waals surface area (Å²) in [5, 5.41) is 3.73. The van der Waals surface area contributed by atoms with Gasteiger partial charge in [-0.05, 0) is 84.4 Å². The fourth-order valence-corrected chi connectivity index (χ4v) is 2.63. The van der Waals surface area contributed by atoms with E-state index in [0.29, 0.717) is 0 Å². The second-order valence-corrected chi connectivity index (χ2v) is 6.10. The number of anilines is 1. The highest BCUT2D eigenvalue weighted by Gasteiger charge is 2.41. The van der Waals surface area contributed by atoms with Gasteiger partial charge >= 0.3 is 0 Å².